The van der Waals surface area contributed by atoms with Gasteiger partial charge in [0.2, 0.25) is 11.8 Å². The maximum absolute atomic E-state index is 12.0. The van der Waals surface area contributed by atoms with E-state index in [4.69, 9.17) is 5.73 Å². The summed E-state index contributed by atoms with van der Waals surface area (Å²) in [5.74, 6) is 0.267. The molecule has 18 heavy (non-hydrogen) atoms. The Morgan fingerprint density at radius 1 is 1.28 bits per heavy atom. The summed E-state index contributed by atoms with van der Waals surface area (Å²) in [4.78, 5) is 27.1. The third-order valence-electron chi connectivity index (χ3n) is 3.25. The Balaban J connectivity index is 2.41. The molecule has 1 saturated heterocycles. The molecule has 2 N–H and O–H groups in total. The molecule has 0 aromatic carbocycles. The molecule has 0 radical (unpaired) electrons. The van der Waals surface area contributed by atoms with Crippen LogP contribution in [0.3, 0.4) is 0 Å². The Kier molecular flexibility index (Phi) is 5.59. The average molecular weight is 255 g/mol. The van der Waals surface area contributed by atoms with E-state index in [1.54, 1.807) is 7.05 Å². The van der Waals surface area contributed by atoms with Gasteiger partial charge in [-0.05, 0) is 25.2 Å². The maximum atomic E-state index is 12.0. The fourth-order valence-electron chi connectivity index (χ4n) is 2.24. The first-order chi connectivity index (χ1) is 8.41. The SMILES string of the molecule is CC(C)C[C@H](N)C(=O)N(C)CC(=O)N1CCCC1. The lowest BCUT2D eigenvalue weighted by molar-refractivity contribution is -0.139. The maximum Gasteiger partial charge on any atom is 0.242 e. The van der Waals surface area contributed by atoms with Gasteiger partial charge in [-0.15, -0.1) is 0 Å². The van der Waals surface area contributed by atoms with Gasteiger partial charge in [-0.1, -0.05) is 13.8 Å². The highest BCUT2D eigenvalue weighted by Crippen LogP contribution is 2.09. The number of likely N-dealkylation sites (N-methyl/N-ethyl adjacent to an activating group) is 1. The molecule has 5 heteroatoms. The summed E-state index contributed by atoms with van der Waals surface area (Å²) in [6.07, 6.45) is 2.79. The van der Waals surface area contributed by atoms with E-state index >= 15 is 0 Å². The van der Waals surface area contributed by atoms with Gasteiger partial charge in [-0.25, -0.2) is 0 Å². The number of nitrogens with zero attached hydrogens (tertiary/aromatic N) is 2. The second-order valence-corrected chi connectivity index (χ2v) is 5.52. The van der Waals surface area contributed by atoms with Crippen molar-refractivity contribution < 1.29 is 9.59 Å². The van der Waals surface area contributed by atoms with Gasteiger partial charge in [-0.3, -0.25) is 9.59 Å². The molecular weight excluding hydrogens is 230 g/mol. The highest BCUT2D eigenvalue weighted by molar-refractivity contribution is 5.87. The number of amides is 2. The molecule has 1 aliphatic rings. The van der Waals surface area contributed by atoms with Crippen molar-refractivity contribution in [1.82, 2.24) is 9.80 Å². The number of carbonyl (C=O) groups excluding carboxylic acids is 2. The smallest absolute Gasteiger partial charge is 0.242 e. The van der Waals surface area contributed by atoms with Crippen LogP contribution in [0.4, 0.5) is 0 Å². The first-order valence-electron chi connectivity index (χ1n) is 6.70. The van der Waals surface area contributed by atoms with E-state index in [2.05, 4.69) is 0 Å². The van der Waals surface area contributed by atoms with Crippen molar-refractivity contribution >= 4 is 11.8 Å². The molecule has 1 atom stereocenters. The van der Waals surface area contributed by atoms with Crippen molar-refractivity contribution in [2.45, 2.75) is 39.2 Å². The molecule has 0 saturated carbocycles. The normalized spacial score (nSPS) is 17.1. The van der Waals surface area contributed by atoms with Gasteiger partial charge in [0.1, 0.15) is 0 Å². The largest absolute Gasteiger partial charge is 0.341 e. The van der Waals surface area contributed by atoms with E-state index < -0.39 is 6.04 Å². The minimum Gasteiger partial charge on any atom is -0.341 e. The Morgan fingerprint density at radius 2 is 1.83 bits per heavy atom. The van der Waals surface area contributed by atoms with Crippen molar-refractivity contribution in [3.63, 3.8) is 0 Å². The second-order valence-electron chi connectivity index (χ2n) is 5.52. The summed E-state index contributed by atoms with van der Waals surface area (Å²) in [7, 11) is 1.65. The predicted octanol–water partition coefficient (Wildman–Crippen LogP) is 0.441. The Morgan fingerprint density at radius 3 is 2.33 bits per heavy atom. The monoisotopic (exact) mass is 255 g/mol. The zero-order chi connectivity index (χ0) is 13.7. The number of carbonyl (C=O) groups is 2. The molecule has 1 rings (SSSR count). The minimum atomic E-state index is -0.499. The van der Waals surface area contributed by atoms with Gasteiger partial charge >= 0.3 is 0 Å². The molecular formula is C13H25N3O2. The van der Waals surface area contributed by atoms with Crippen LogP contribution in [0.25, 0.3) is 0 Å². The van der Waals surface area contributed by atoms with Crippen molar-refractivity contribution in [3.8, 4) is 0 Å². The fraction of sp³-hybridized carbons (Fsp3) is 0.846. The second kappa shape index (κ2) is 6.73. The van der Waals surface area contributed by atoms with Crippen LogP contribution in [0.2, 0.25) is 0 Å². The van der Waals surface area contributed by atoms with E-state index in [1.807, 2.05) is 18.7 Å². The van der Waals surface area contributed by atoms with Gasteiger partial charge in [0.15, 0.2) is 0 Å². The summed E-state index contributed by atoms with van der Waals surface area (Å²) in [5.41, 5.74) is 5.83. The van der Waals surface area contributed by atoms with Crippen LogP contribution < -0.4 is 5.73 Å². The lowest BCUT2D eigenvalue weighted by Crippen LogP contribution is -2.46. The molecule has 104 valence electrons. The van der Waals surface area contributed by atoms with Crippen molar-refractivity contribution in [2.75, 3.05) is 26.7 Å². The first-order valence-corrected chi connectivity index (χ1v) is 6.70. The third kappa shape index (κ3) is 4.29. The lowest BCUT2D eigenvalue weighted by Gasteiger charge is -2.24. The van der Waals surface area contributed by atoms with E-state index in [1.165, 1.54) is 4.90 Å². The van der Waals surface area contributed by atoms with E-state index in [0.717, 1.165) is 25.9 Å². The minimum absolute atomic E-state index is 0.0279. The van der Waals surface area contributed by atoms with Crippen molar-refractivity contribution in [2.24, 2.45) is 11.7 Å². The van der Waals surface area contributed by atoms with Crippen LogP contribution >= 0.6 is 0 Å². The number of nitrogens with two attached hydrogens (primary N) is 1. The highest BCUT2D eigenvalue weighted by Gasteiger charge is 2.24. The summed E-state index contributed by atoms with van der Waals surface area (Å²) in [6.45, 7) is 5.84. The predicted molar refractivity (Wildman–Crippen MR) is 70.9 cm³/mol. The summed E-state index contributed by atoms with van der Waals surface area (Å²) < 4.78 is 0. The fourth-order valence-corrected chi connectivity index (χ4v) is 2.24. The molecule has 0 aromatic rings. The highest BCUT2D eigenvalue weighted by atomic mass is 16.2. The topological polar surface area (TPSA) is 66.6 Å². The van der Waals surface area contributed by atoms with E-state index in [0.29, 0.717) is 12.3 Å². The van der Waals surface area contributed by atoms with Gasteiger partial charge in [-0.2, -0.15) is 0 Å². The molecule has 2 amide bonds. The lowest BCUT2D eigenvalue weighted by atomic mass is 10.0. The summed E-state index contributed by atoms with van der Waals surface area (Å²) in [6, 6.07) is -0.499. The van der Waals surface area contributed by atoms with Crippen LogP contribution in [0, 0.1) is 5.92 Å². The van der Waals surface area contributed by atoms with E-state index in [9.17, 15) is 9.59 Å². The molecule has 0 aromatic heterocycles. The standard InChI is InChI=1S/C13H25N3O2/c1-10(2)8-11(14)13(18)15(3)9-12(17)16-6-4-5-7-16/h10-11H,4-9,14H2,1-3H3/t11-/m0/s1. The van der Waals surface area contributed by atoms with Gasteiger partial charge in [0.05, 0.1) is 12.6 Å². The number of rotatable bonds is 5. The van der Waals surface area contributed by atoms with Crippen LogP contribution in [-0.4, -0.2) is 54.3 Å². The Bertz CT molecular complexity index is 299. The quantitative estimate of drug-likeness (QED) is 0.775. The van der Waals surface area contributed by atoms with Crippen LogP contribution in [0.1, 0.15) is 33.1 Å². The van der Waals surface area contributed by atoms with Crippen LogP contribution in [0.5, 0.6) is 0 Å². The van der Waals surface area contributed by atoms with Gasteiger partial charge in [0.25, 0.3) is 0 Å². The van der Waals surface area contributed by atoms with Crippen molar-refractivity contribution in [1.29, 1.82) is 0 Å². The summed E-state index contributed by atoms with van der Waals surface area (Å²) in [5, 5.41) is 0. The molecule has 1 heterocycles. The molecule has 0 aliphatic carbocycles. The third-order valence-corrected chi connectivity index (χ3v) is 3.25. The van der Waals surface area contributed by atoms with Crippen LogP contribution in [-0.2, 0) is 9.59 Å². The molecule has 0 bridgehead atoms. The number of hydrogen-bond acceptors (Lipinski definition) is 3. The number of likely N-dealkylation sites (tertiary alicyclic amines) is 1. The van der Waals surface area contributed by atoms with Crippen LogP contribution in [0.15, 0.2) is 0 Å². The zero-order valence-corrected chi connectivity index (χ0v) is 11.7. The Labute approximate surface area is 109 Å². The Hall–Kier alpha value is -1.10. The van der Waals surface area contributed by atoms with Crippen molar-refractivity contribution in [3.05, 3.63) is 0 Å². The molecule has 5 nitrogen and oxygen atoms in total. The summed E-state index contributed by atoms with van der Waals surface area (Å²) >= 11 is 0. The van der Waals surface area contributed by atoms with Gasteiger partial charge < -0.3 is 15.5 Å². The molecule has 0 unspecified atom stereocenters. The molecule has 0 spiro atoms. The molecule has 1 fully saturated rings. The zero-order valence-electron chi connectivity index (χ0n) is 11.7. The molecule has 1 aliphatic heterocycles. The van der Waals surface area contributed by atoms with Gasteiger partial charge in [0, 0.05) is 20.1 Å². The van der Waals surface area contributed by atoms with E-state index in [-0.39, 0.29) is 18.4 Å². The number of hydrogen-bond donors (Lipinski definition) is 1. The first kappa shape index (κ1) is 15.0. The average Bonchev–Trinajstić information content (AvgIpc) is 2.80.